The molecule has 19 heavy (non-hydrogen) atoms. The second-order valence-corrected chi connectivity index (χ2v) is 5.94. The van der Waals surface area contributed by atoms with Crippen LogP contribution in [0.3, 0.4) is 0 Å². The van der Waals surface area contributed by atoms with Gasteiger partial charge in [-0.3, -0.25) is 0 Å². The number of nitrogens with one attached hydrogen (secondary N) is 1. The fraction of sp³-hybridized carbons (Fsp3) is 0.438. The fourth-order valence-electron chi connectivity index (χ4n) is 2.07. The van der Waals surface area contributed by atoms with E-state index in [0.29, 0.717) is 0 Å². The second kappa shape index (κ2) is 5.08. The first kappa shape index (κ1) is 13.7. The van der Waals surface area contributed by atoms with Crippen LogP contribution in [0.1, 0.15) is 39.0 Å². The Kier molecular flexibility index (Phi) is 3.65. The predicted molar refractivity (Wildman–Crippen MR) is 81.1 cm³/mol. The lowest BCUT2D eigenvalue weighted by atomic mass is 9.87. The van der Waals surface area contributed by atoms with E-state index in [4.69, 9.17) is 0 Å². The minimum absolute atomic E-state index is 0.191. The van der Waals surface area contributed by atoms with Crippen LogP contribution in [-0.4, -0.2) is 9.55 Å². The number of anilines is 2. The summed E-state index contributed by atoms with van der Waals surface area (Å²) in [6.45, 7) is 11.7. The lowest BCUT2D eigenvalue weighted by Gasteiger charge is -2.19. The summed E-state index contributed by atoms with van der Waals surface area (Å²) in [5, 5.41) is 3.37. The van der Waals surface area contributed by atoms with Gasteiger partial charge in [-0.2, -0.15) is 0 Å². The Hall–Kier alpha value is -1.77. The first-order valence-electron chi connectivity index (χ1n) is 6.81. The van der Waals surface area contributed by atoms with Gasteiger partial charge in [0.2, 0.25) is 5.95 Å². The molecule has 3 heteroatoms. The van der Waals surface area contributed by atoms with Gasteiger partial charge in [0.15, 0.2) is 0 Å². The van der Waals surface area contributed by atoms with Crippen molar-refractivity contribution >= 4 is 11.6 Å². The van der Waals surface area contributed by atoms with E-state index in [9.17, 15) is 0 Å². The smallest absolute Gasteiger partial charge is 0.207 e. The Morgan fingerprint density at radius 1 is 1.16 bits per heavy atom. The van der Waals surface area contributed by atoms with Crippen molar-refractivity contribution in [3.63, 3.8) is 0 Å². The molecule has 0 radical (unpaired) electrons. The van der Waals surface area contributed by atoms with Crippen LogP contribution in [0.15, 0.2) is 30.5 Å². The topological polar surface area (TPSA) is 29.9 Å². The van der Waals surface area contributed by atoms with Gasteiger partial charge in [-0.15, -0.1) is 0 Å². The Labute approximate surface area is 115 Å². The molecule has 1 N–H and O–H groups in total. The largest absolute Gasteiger partial charge is 0.326 e. The third-order valence-electron chi connectivity index (χ3n) is 3.24. The van der Waals surface area contributed by atoms with Crippen molar-refractivity contribution < 1.29 is 0 Å². The summed E-state index contributed by atoms with van der Waals surface area (Å²) in [7, 11) is 0. The number of aromatic nitrogens is 2. The lowest BCUT2D eigenvalue weighted by molar-refractivity contribution is 0.590. The van der Waals surface area contributed by atoms with Gasteiger partial charge in [-0.25, -0.2) is 4.98 Å². The van der Waals surface area contributed by atoms with Crippen LogP contribution in [0, 0.1) is 6.92 Å². The number of aryl methyl sites for hydroxylation is 2. The molecule has 0 aliphatic heterocycles. The molecule has 0 spiro atoms. The van der Waals surface area contributed by atoms with Gasteiger partial charge in [-0.1, -0.05) is 32.9 Å². The normalized spacial score (nSPS) is 11.6. The first-order valence-corrected chi connectivity index (χ1v) is 6.81. The van der Waals surface area contributed by atoms with Crippen LogP contribution in [0.5, 0.6) is 0 Å². The molecular formula is C16H23N3. The van der Waals surface area contributed by atoms with Crippen LogP contribution in [0.25, 0.3) is 0 Å². The van der Waals surface area contributed by atoms with E-state index in [1.807, 2.05) is 6.92 Å². The highest BCUT2D eigenvalue weighted by Crippen LogP contribution is 2.24. The summed E-state index contributed by atoms with van der Waals surface area (Å²) in [5.41, 5.74) is 3.65. The molecule has 1 aromatic carbocycles. The van der Waals surface area contributed by atoms with Crippen LogP contribution in [-0.2, 0) is 12.0 Å². The molecule has 0 saturated carbocycles. The Morgan fingerprint density at radius 2 is 1.79 bits per heavy atom. The van der Waals surface area contributed by atoms with Gasteiger partial charge in [0.1, 0.15) is 0 Å². The monoisotopic (exact) mass is 257 g/mol. The standard InChI is InChI=1S/C16H23N3/c1-6-19-11-12(2)17-15(19)18-14-9-7-13(8-10-14)16(3,4)5/h7-11H,6H2,1-5H3,(H,17,18). The van der Waals surface area contributed by atoms with Crippen molar-refractivity contribution in [3.05, 3.63) is 41.7 Å². The van der Waals surface area contributed by atoms with Gasteiger partial charge in [0.25, 0.3) is 0 Å². The Morgan fingerprint density at radius 3 is 2.32 bits per heavy atom. The zero-order valence-corrected chi connectivity index (χ0v) is 12.5. The van der Waals surface area contributed by atoms with Crippen molar-refractivity contribution in [2.24, 2.45) is 0 Å². The maximum absolute atomic E-state index is 4.50. The molecule has 2 aromatic rings. The molecule has 0 bridgehead atoms. The molecule has 0 amide bonds. The summed E-state index contributed by atoms with van der Waals surface area (Å²) in [4.78, 5) is 4.50. The number of hydrogen-bond donors (Lipinski definition) is 1. The van der Waals surface area contributed by atoms with E-state index in [0.717, 1.165) is 23.9 Å². The molecule has 3 nitrogen and oxygen atoms in total. The lowest BCUT2D eigenvalue weighted by Crippen LogP contribution is -2.10. The molecule has 0 saturated heterocycles. The number of rotatable bonds is 3. The van der Waals surface area contributed by atoms with Crippen molar-refractivity contribution in [3.8, 4) is 0 Å². The third-order valence-corrected chi connectivity index (χ3v) is 3.24. The third kappa shape index (κ3) is 3.16. The van der Waals surface area contributed by atoms with E-state index < -0.39 is 0 Å². The summed E-state index contributed by atoms with van der Waals surface area (Å²) in [6.07, 6.45) is 2.06. The summed E-state index contributed by atoms with van der Waals surface area (Å²) in [6, 6.07) is 8.58. The highest BCUT2D eigenvalue weighted by molar-refractivity contribution is 5.54. The maximum Gasteiger partial charge on any atom is 0.207 e. The number of benzene rings is 1. The zero-order valence-electron chi connectivity index (χ0n) is 12.5. The molecular weight excluding hydrogens is 234 g/mol. The molecule has 0 aliphatic carbocycles. The number of imidazole rings is 1. The molecule has 0 atom stereocenters. The molecule has 0 unspecified atom stereocenters. The quantitative estimate of drug-likeness (QED) is 0.890. The highest BCUT2D eigenvalue weighted by Gasteiger charge is 2.13. The van der Waals surface area contributed by atoms with Crippen molar-refractivity contribution in [2.45, 2.75) is 46.6 Å². The number of hydrogen-bond acceptors (Lipinski definition) is 2. The minimum atomic E-state index is 0.191. The Balaban J connectivity index is 2.19. The maximum atomic E-state index is 4.50. The average Bonchev–Trinajstić information content (AvgIpc) is 2.69. The van der Waals surface area contributed by atoms with E-state index in [1.54, 1.807) is 0 Å². The van der Waals surface area contributed by atoms with Crippen molar-refractivity contribution in [2.75, 3.05) is 5.32 Å². The van der Waals surface area contributed by atoms with Crippen LogP contribution < -0.4 is 5.32 Å². The molecule has 0 aliphatic rings. The van der Waals surface area contributed by atoms with E-state index in [-0.39, 0.29) is 5.41 Å². The van der Waals surface area contributed by atoms with E-state index >= 15 is 0 Å². The zero-order chi connectivity index (χ0) is 14.0. The van der Waals surface area contributed by atoms with Gasteiger partial charge in [0, 0.05) is 18.4 Å². The van der Waals surface area contributed by atoms with Crippen LogP contribution in [0.4, 0.5) is 11.6 Å². The van der Waals surface area contributed by atoms with Gasteiger partial charge >= 0.3 is 0 Å². The molecule has 102 valence electrons. The first-order chi connectivity index (χ1) is 8.90. The van der Waals surface area contributed by atoms with Gasteiger partial charge in [-0.05, 0) is 37.0 Å². The van der Waals surface area contributed by atoms with E-state index in [1.165, 1.54) is 5.56 Å². The van der Waals surface area contributed by atoms with Crippen LogP contribution in [0.2, 0.25) is 0 Å². The minimum Gasteiger partial charge on any atom is -0.326 e. The molecule has 2 rings (SSSR count). The van der Waals surface area contributed by atoms with Crippen molar-refractivity contribution in [1.29, 1.82) is 0 Å². The average molecular weight is 257 g/mol. The Bertz CT molecular complexity index is 544. The van der Waals surface area contributed by atoms with Gasteiger partial charge < -0.3 is 9.88 Å². The summed E-state index contributed by atoms with van der Waals surface area (Å²) < 4.78 is 2.12. The second-order valence-electron chi connectivity index (χ2n) is 5.94. The highest BCUT2D eigenvalue weighted by atomic mass is 15.2. The number of nitrogens with zero attached hydrogens (tertiary/aromatic N) is 2. The summed E-state index contributed by atoms with van der Waals surface area (Å²) >= 11 is 0. The summed E-state index contributed by atoms with van der Waals surface area (Å²) in [5.74, 6) is 0.906. The van der Waals surface area contributed by atoms with Crippen LogP contribution >= 0.6 is 0 Å². The SMILES string of the molecule is CCn1cc(C)nc1Nc1ccc(C(C)(C)C)cc1. The van der Waals surface area contributed by atoms with Gasteiger partial charge in [0.05, 0.1) is 5.69 Å². The van der Waals surface area contributed by atoms with Crippen molar-refractivity contribution in [1.82, 2.24) is 9.55 Å². The fourth-order valence-corrected chi connectivity index (χ4v) is 2.07. The molecule has 0 fully saturated rings. The molecule has 1 heterocycles. The van der Waals surface area contributed by atoms with E-state index in [2.05, 4.69) is 73.0 Å². The predicted octanol–water partition coefficient (Wildman–Crippen LogP) is 4.25. The molecule has 1 aromatic heterocycles.